The Kier molecular flexibility index (Phi) is 5.08. The van der Waals surface area contributed by atoms with Crippen molar-refractivity contribution in [3.63, 3.8) is 0 Å². The summed E-state index contributed by atoms with van der Waals surface area (Å²) in [6.45, 7) is 4.67. The average Bonchev–Trinajstić information content (AvgIpc) is 3.35. The van der Waals surface area contributed by atoms with Gasteiger partial charge in [0.25, 0.3) is 5.91 Å². The molecule has 1 unspecified atom stereocenters. The zero-order valence-corrected chi connectivity index (χ0v) is 15.9. The van der Waals surface area contributed by atoms with E-state index in [1.807, 2.05) is 31.2 Å². The van der Waals surface area contributed by atoms with Crippen LogP contribution in [0.3, 0.4) is 0 Å². The summed E-state index contributed by atoms with van der Waals surface area (Å²) in [7, 11) is 0. The van der Waals surface area contributed by atoms with Crippen molar-refractivity contribution >= 4 is 11.8 Å². The van der Waals surface area contributed by atoms with Gasteiger partial charge in [0.1, 0.15) is 11.4 Å². The molecule has 1 saturated carbocycles. The van der Waals surface area contributed by atoms with Crippen molar-refractivity contribution in [2.24, 2.45) is 11.8 Å². The van der Waals surface area contributed by atoms with Crippen LogP contribution in [-0.4, -0.2) is 55.2 Å². The van der Waals surface area contributed by atoms with Crippen LogP contribution in [0.4, 0.5) is 0 Å². The molecule has 1 N–H and O–H groups in total. The predicted octanol–water partition coefficient (Wildman–Crippen LogP) is 1.91. The smallest absolute Gasteiger partial charge is 0.260 e. The van der Waals surface area contributed by atoms with Gasteiger partial charge in [0.15, 0.2) is 6.61 Å². The molecule has 146 valence electrons. The number of nitrogens with zero attached hydrogens (tertiary/aromatic N) is 1. The van der Waals surface area contributed by atoms with Gasteiger partial charge in [0.05, 0.1) is 19.7 Å². The van der Waals surface area contributed by atoms with Gasteiger partial charge in [-0.15, -0.1) is 0 Å². The zero-order valence-electron chi connectivity index (χ0n) is 15.9. The van der Waals surface area contributed by atoms with Crippen molar-refractivity contribution < 1.29 is 19.1 Å². The number of hydrogen-bond donors (Lipinski definition) is 1. The van der Waals surface area contributed by atoms with Crippen LogP contribution in [-0.2, 0) is 14.3 Å². The van der Waals surface area contributed by atoms with Crippen molar-refractivity contribution in [3.8, 4) is 5.75 Å². The van der Waals surface area contributed by atoms with Crippen LogP contribution in [0.2, 0.25) is 0 Å². The number of carbonyl (C=O) groups excluding carboxylic acids is 2. The maximum atomic E-state index is 12.3. The molecule has 2 saturated heterocycles. The van der Waals surface area contributed by atoms with Gasteiger partial charge < -0.3 is 19.7 Å². The molecule has 2 aliphatic heterocycles. The number of aryl methyl sites for hydroxylation is 1. The summed E-state index contributed by atoms with van der Waals surface area (Å²) < 4.78 is 11.6. The van der Waals surface area contributed by atoms with Crippen LogP contribution in [0.5, 0.6) is 5.75 Å². The number of amides is 2. The van der Waals surface area contributed by atoms with E-state index < -0.39 is 0 Å². The first-order chi connectivity index (χ1) is 13.0. The third-order valence-electron chi connectivity index (χ3n) is 5.71. The highest BCUT2D eigenvalue weighted by Crippen LogP contribution is 2.39. The van der Waals surface area contributed by atoms with E-state index in [4.69, 9.17) is 9.47 Å². The molecule has 3 aliphatic rings. The van der Waals surface area contributed by atoms with E-state index in [0.717, 1.165) is 18.5 Å². The van der Waals surface area contributed by atoms with Crippen LogP contribution in [0.25, 0.3) is 0 Å². The Balaban J connectivity index is 1.17. The number of ether oxygens (including phenoxy) is 2. The Hall–Kier alpha value is -2.08. The SMILES string of the molecule is Cc1cccc(OCC(=O)N2CC3(CC(CC(=O)NCC4CC4)CO3)C2)c1. The molecule has 1 aliphatic carbocycles. The highest BCUT2D eigenvalue weighted by atomic mass is 16.5. The second-order valence-electron chi connectivity index (χ2n) is 8.37. The fourth-order valence-electron chi connectivity index (χ4n) is 3.97. The Labute approximate surface area is 160 Å². The van der Waals surface area contributed by atoms with Crippen molar-refractivity contribution in [1.82, 2.24) is 10.2 Å². The maximum absolute atomic E-state index is 12.3. The van der Waals surface area contributed by atoms with Crippen LogP contribution in [0.15, 0.2) is 24.3 Å². The van der Waals surface area contributed by atoms with Gasteiger partial charge >= 0.3 is 0 Å². The van der Waals surface area contributed by atoms with E-state index in [2.05, 4.69) is 5.32 Å². The van der Waals surface area contributed by atoms with Crippen molar-refractivity contribution in [2.45, 2.75) is 38.2 Å². The zero-order chi connectivity index (χ0) is 18.9. The van der Waals surface area contributed by atoms with Crippen LogP contribution < -0.4 is 10.1 Å². The molecular weight excluding hydrogens is 344 g/mol. The number of carbonyl (C=O) groups is 2. The lowest BCUT2D eigenvalue weighted by Gasteiger charge is -2.47. The third kappa shape index (κ3) is 4.61. The lowest BCUT2D eigenvalue weighted by atomic mass is 9.86. The molecule has 6 nitrogen and oxygen atoms in total. The molecule has 0 aromatic heterocycles. The Bertz CT molecular complexity index is 710. The van der Waals surface area contributed by atoms with Crippen LogP contribution in [0.1, 0.15) is 31.2 Å². The fourth-order valence-corrected chi connectivity index (χ4v) is 3.97. The first-order valence-electron chi connectivity index (χ1n) is 9.89. The predicted molar refractivity (Wildman–Crippen MR) is 100 cm³/mol. The Morgan fingerprint density at radius 2 is 2.11 bits per heavy atom. The third-order valence-corrected chi connectivity index (χ3v) is 5.71. The molecule has 1 atom stereocenters. The van der Waals surface area contributed by atoms with Crippen molar-refractivity contribution in [1.29, 1.82) is 0 Å². The molecule has 6 heteroatoms. The molecule has 0 bridgehead atoms. The minimum atomic E-state index is -0.250. The summed E-state index contributed by atoms with van der Waals surface area (Å²) >= 11 is 0. The van der Waals surface area contributed by atoms with Crippen LogP contribution in [0, 0.1) is 18.8 Å². The fraction of sp³-hybridized carbons (Fsp3) is 0.619. The summed E-state index contributed by atoms with van der Waals surface area (Å²) in [6.07, 6.45) is 3.87. The molecule has 2 heterocycles. The van der Waals surface area contributed by atoms with Gasteiger partial charge in [0, 0.05) is 13.0 Å². The van der Waals surface area contributed by atoms with E-state index in [0.29, 0.717) is 37.8 Å². The summed E-state index contributed by atoms with van der Waals surface area (Å²) in [5.74, 6) is 1.79. The summed E-state index contributed by atoms with van der Waals surface area (Å²) in [6, 6.07) is 7.69. The molecule has 1 aromatic carbocycles. The first-order valence-corrected chi connectivity index (χ1v) is 9.89. The van der Waals surface area contributed by atoms with E-state index in [-0.39, 0.29) is 29.9 Å². The Morgan fingerprint density at radius 1 is 1.30 bits per heavy atom. The summed E-state index contributed by atoms with van der Waals surface area (Å²) in [4.78, 5) is 26.1. The number of likely N-dealkylation sites (tertiary alicyclic amines) is 1. The number of nitrogens with one attached hydrogen (secondary N) is 1. The molecule has 27 heavy (non-hydrogen) atoms. The summed E-state index contributed by atoms with van der Waals surface area (Å²) in [5.41, 5.74) is 0.856. The number of benzene rings is 1. The second kappa shape index (κ2) is 7.50. The van der Waals surface area contributed by atoms with Crippen LogP contribution >= 0.6 is 0 Å². The number of rotatable bonds is 7. The standard InChI is InChI=1S/C21H28N2O4/c1-15-3-2-4-18(7-15)26-12-20(25)23-13-21(14-23)9-17(11-27-21)8-19(24)22-10-16-5-6-16/h2-4,7,16-17H,5-6,8-14H2,1H3,(H,22,24). The second-order valence-corrected chi connectivity index (χ2v) is 8.37. The first kappa shape index (κ1) is 18.3. The largest absolute Gasteiger partial charge is 0.484 e. The van der Waals surface area contributed by atoms with Gasteiger partial charge in [0.2, 0.25) is 5.91 Å². The highest BCUT2D eigenvalue weighted by Gasteiger charge is 2.51. The van der Waals surface area contributed by atoms with Crippen molar-refractivity contribution in [3.05, 3.63) is 29.8 Å². The maximum Gasteiger partial charge on any atom is 0.260 e. The van der Waals surface area contributed by atoms with Gasteiger partial charge in [-0.05, 0) is 55.7 Å². The molecule has 4 rings (SSSR count). The lowest BCUT2D eigenvalue weighted by molar-refractivity contribution is -0.159. The highest BCUT2D eigenvalue weighted by molar-refractivity contribution is 5.79. The van der Waals surface area contributed by atoms with E-state index in [1.165, 1.54) is 12.8 Å². The van der Waals surface area contributed by atoms with E-state index in [1.54, 1.807) is 4.90 Å². The van der Waals surface area contributed by atoms with Gasteiger partial charge in [-0.1, -0.05) is 12.1 Å². The molecule has 2 amide bonds. The molecule has 1 spiro atoms. The molecular formula is C21H28N2O4. The Morgan fingerprint density at radius 3 is 2.85 bits per heavy atom. The molecule has 1 aromatic rings. The minimum Gasteiger partial charge on any atom is -0.484 e. The minimum absolute atomic E-state index is 0.0173. The normalized spacial score (nSPS) is 23.1. The van der Waals surface area contributed by atoms with E-state index in [9.17, 15) is 9.59 Å². The quantitative estimate of drug-likeness (QED) is 0.794. The molecule has 3 fully saturated rings. The van der Waals surface area contributed by atoms with Crippen molar-refractivity contribution in [2.75, 3.05) is 32.8 Å². The topological polar surface area (TPSA) is 67.9 Å². The van der Waals surface area contributed by atoms with Gasteiger partial charge in [-0.25, -0.2) is 0 Å². The van der Waals surface area contributed by atoms with E-state index >= 15 is 0 Å². The monoisotopic (exact) mass is 372 g/mol. The summed E-state index contributed by atoms with van der Waals surface area (Å²) in [5, 5.41) is 3.02. The lowest BCUT2D eigenvalue weighted by Crippen LogP contribution is -2.64. The van der Waals surface area contributed by atoms with Gasteiger partial charge in [-0.2, -0.15) is 0 Å². The number of hydrogen-bond acceptors (Lipinski definition) is 4. The average molecular weight is 372 g/mol. The van der Waals surface area contributed by atoms with Gasteiger partial charge in [-0.3, -0.25) is 9.59 Å². The molecule has 0 radical (unpaired) electrons.